The fraction of sp³-hybridized carbons (Fsp3) is 0.429. The number of nitrogens with one attached hydrogen (secondary N) is 1. The molecule has 1 N–H and O–H groups in total. The van der Waals surface area contributed by atoms with E-state index in [1.165, 1.54) is 6.07 Å². The van der Waals surface area contributed by atoms with Crippen LogP contribution < -0.4 is 14.8 Å². The molecular weight excluding hydrogens is 433 g/mol. The maximum absolute atomic E-state index is 14.0. The van der Waals surface area contributed by atoms with Crippen LogP contribution in [-0.4, -0.2) is 13.2 Å². The van der Waals surface area contributed by atoms with Crippen LogP contribution in [0.2, 0.25) is 5.02 Å². The van der Waals surface area contributed by atoms with Crippen LogP contribution in [0.15, 0.2) is 34.8 Å². The van der Waals surface area contributed by atoms with Crippen LogP contribution in [0.5, 0.6) is 11.5 Å². The van der Waals surface area contributed by atoms with Crippen LogP contribution in [0.3, 0.4) is 0 Å². The lowest BCUT2D eigenvalue weighted by Gasteiger charge is -2.16. The van der Waals surface area contributed by atoms with E-state index in [4.69, 9.17) is 21.1 Å². The fourth-order valence-electron chi connectivity index (χ4n) is 2.56. The molecule has 27 heavy (non-hydrogen) atoms. The molecule has 0 aliphatic heterocycles. The zero-order chi connectivity index (χ0) is 19.8. The Labute approximate surface area is 174 Å². The molecule has 2 aromatic rings. The van der Waals surface area contributed by atoms with Crippen LogP contribution in [-0.2, 0) is 13.2 Å². The summed E-state index contributed by atoms with van der Waals surface area (Å²) < 4.78 is 26.4. The third kappa shape index (κ3) is 6.66. The number of hydrogen-bond acceptors (Lipinski definition) is 3. The molecular formula is C21H26BrClFNO2. The van der Waals surface area contributed by atoms with Gasteiger partial charge >= 0.3 is 0 Å². The first kappa shape index (κ1) is 22.0. The first-order valence-corrected chi connectivity index (χ1v) is 10.3. The van der Waals surface area contributed by atoms with E-state index in [1.807, 2.05) is 19.1 Å². The lowest BCUT2D eigenvalue weighted by atomic mass is 10.1. The third-order valence-corrected chi connectivity index (χ3v) is 4.96. The van der Waals surface area contributed by atoms with E-state index < -0.39 is 0 Å². The summed E-state index contributed by atoms with van der Waals surface area (Å²) in [6.07, 6.45) is 1.13. The largest absolute Gasteiger partial charge is 0.490 e. The van der Waals surface area contributed by atoms with E-state index in [0.717, 1.165) is 29.5 Å². The summed E-state index contributed by atoms with van der Waals surface area (Å²) in [7, 11) is 0. The van der Waals surface area contributed by atoms with Crippen LogP contribution in [0, 0.1) is 11.7 Å². The molecule has 0 amide bonds. The first-order chi connectivity index (χ1) is 12.9. The second-order valence-corrected chi connectivity index (χ2v) is 7.95. The summed E-state index contributed by atoms with van der Waals surface area (Å²) in [5.74, 6) is 1.45. The van der Waals surface area contributed by atoms with Crippen molar-refractivity contribution >= 4 is 27.5 Å². The third-order valence-electron chi connectivity index (χ3n) is 4.02. The molecule has 0 fully saturated rings. The molecule has 2 rings (SSSR count). The minimum Gasteiger partial charge on any atom is -0.490 e. The average molecular weight is 459 g/mol. The Bertz CT molecular complexity index is 735. The predicted octanol–water partition coefficient (Wildman–Crippen LogP) is 6.36. The lowest BCUT2D eigenvalue weighted by Crippen LogP contribution is -2.16. The summed E-state index contributed by atoms with van der Waals surface area (Å²) in [5.41, 5.74) is 1.42. The molecule has 2 aromatic carbocycles. The highest BCUT2D eigenvalue weighted by Gasteiger charge is 2.15. The molecule has 0 aliphatic rings. The average Bonchev–Trinajstić information content (AvgIpc) is 2.60. The molecule has 0 bridgehead atoms. The van der Waals surface area contributed by atoms with E-state index in [9.17, 15) is 4.39 Å². The Hall–Kier alpha value is -1.30. The molecule has 0 unspecified atom stereocenters. The molecule has 0 atom stereocenters. The summed E-state index contributed by atoms with van der Waals surface area (Å²) in [5, 5.41) is 3.78. The lowest BCUT2D eigenvalue weighted by molar-refractivity contribution is 0.264. The van der Waals surface area contributed by atoms with Gasteiger partial charge in [0.25, 0.3) is 0 Å². The van der Waals surface area contributed by atoms with Crippen molar-refractivity contribution in [3.63, 3.8) is 0 Å². The van der Waals surface area contributed by atoms with Crippen molar-refractivity contribution in [2.45, 2.75) is 40.3 Å². The highest BCUT2D eigenvalue weighted by molar-refractivity contribution is 9.10. The fourth-order valence-corrected chi connectivity index (χ4v) is 3.39. The van der Waals surface area contributed by atoms with E-state index in [1.54, 1.807) is 12.1 Å². The number of benzene rings is 2. The molecule has 3 nitrogen and oxygen atoms in total. The molecule has 6 heteroatoms. The Morgan fingerprint density at radius 1 is 1.22 bits per heavy atom. The number of halogens is 3. The zero-order valence-corrected chi connectivity index (χ0v) is 18.3. The summed E-state index contributed by atoms with van der Waals surface area (Å²) in [6, 6.07) is 8.53. The Kier molecular flexibility index (Phi) is 8.87. The quantitative estimate of drug-likeness (QED) is 0.420. The highest BCUT2D eigenvalue weighted by atomic mass is 79.9. The van der Waals surface area contributed by atoms with Gasteiger partial charge in [-0.25, -0.2) is 4.39 Å². The van der Waals surface area contributed by atoms with Crippen molar-refractivity contribution in [3.8, 4) is 11.5 Å². The normalized spacial score (nSPS) is 11.1. The van der Waals surface area contributed by atoms with Gasteiger partial charge in [0.15, 0.2) is 11.5 Å². The molecule has 0 saturated heterocycles. The molecule has 148 valence electrons. The first-order valence-electron chi connectivity index (χ1n) is 9.14. The van der Waals surface area contributed by atoms with Gasteiger partial charge in [0.05, 0.1) is 16.1 Å². The van der Waals surface area contributed by atoms with E-state index in [2.05, 4.69) is 35.1 Å². The Morgan fingerprint density at radius 3 is 2.67 bits per heavy atom. The smallest absolute Gasteiger partial charge is 0.175 e. The maximum Gasteiger partial charge on any atom is 0.175 e. The van der Waals surface area contributed by atoms with Gasteiger partial charge in [-0.15, -0.1) is 0 Å². The zero-order valence-electron chi connectivity index (χ0n) is 16.0. The minimum absolute atomic E-state index is 0.0240. The van der Waals surface area contributed by atoms with E-state index in [0.29, 0.717) is 34.6 Å². The minimum atomic E-state index is -0.387. The van der Waals surface area contributed by atoms with Gasteiger partial charge in [0, 0.05) is 12.1 Å². The van der Waals surface area contributed by atoms with Gasteiger partial charge in [-0.2, -0.15) is 0 Å². The van der Waals surface area contributed by atoms with Gasteiger partial charge in [0.2, 0.25) is 0 Å². The van der Waals surface area contributed by atoms with Crippen molar-refractivity contribution in [1.29, 1.82) is 0 Å². The molecule has 0 spiro atoms. The molecule has 0 aliphatic carbocycles. The summed E-state index contributed by atoms with van der Waals surface area (Å²) in [6.45, 7) is 8.57. The van der Waals surface area contributed by atoms with Crippen molar-refractivity contribution < 1.29 is 13.9 Å². The van der Waals surface area contributed by atoms with Crippen molar-refractivity contribution in [3.05, 3.63) is 56.8 Å². The predicted molar refractivity (Wildman–Crippen MR) is 112 cm³/mol. The number of rotatable bonds is 10. The molecule has 0 saturated carbocycles. The standard InChI is InChI=1S/C21H26BrClFNO2/c1-4-26-20-11-15(12-25-9-8-14(2)3)10-17(22)21(20)27-13-16-18(23)6-5-7-19(16)24/h5-7,10-11,14,25H,4,8-9,12-13H2,1-3H3. The van der Waals surface area contributed by atoms with Gasteiger partial charge < -0.3 is 14.8 Å². The van der Waals surface area contributed by atoms with Gasteiger partial charge in [-0.1, -0.05) is 31.5 Å². The van der Waals surface area contributed by atoms with Crippen molar-refractivity contribution in [2.24, 2.45) is 5.92 Å². The number of ether oxygens (including phenoxy) is 2. The van der Waals surface area contributed by atoms with Crippen LogP contribution >= 0.6 is 27.5 Å². The van der Waals surface area contributed by atoms with Gasteiger partial charge in [-0.05, 0) is 71.6 Å². The Balaban J connectivity index is 2.13. The SMILES string of the molecule is CCOc1cc(CNCCC(C)C)cc(Br)c1OCc1c(F)cccc1Cl. The Morgan fingerprint density at radius 2 is 2.00 bits per heavy atom. The maximum atomic E-state index is 14.0. The molecule has 0 aromatic heterocycles. The number of hydrogen-bond donors (Lipinski definition) is 1. The summed E-state index contributed by atoms with van der Waals surface area (Å²) >= 11 is 9.63. The van der Waals surface area contributed by atoms with Crippen LogP contribution in [0.4, 0.5) is 4.39 Å². The van der Waals surface area contributed by atoms with E-state index >= 15 is 0 Å². The van der Waals surface area contributed by atoms with Crippen LogP contribution in [0.1, 0.15) is 38.3 Å². The van der Waals surface area contributed by atoms with Crippen LogP contribution in [0.25, 0.3) is 0 Å². The topological polar surface area (TPSA) is 30.5 Å². The monoisotopic (exact) mass is 457 g/mol. The van der Waals surface area contributed by atoms with E-state index in [-0.39, 0.29) is 12.4 Å². The second-order valence-electron chi connectivity index (χ2n) is 6.69. The molecule has 0 radical (unpaired) electrons. The van der Waals surface area contributed by atoms with Crippen molar-refractivity contribution in [1.82, 2.24) is 5.32 Å². The van der Waals surface area contributed by atoms with Gasteiger partial charge in [0.1, 0.15) is 12.4 Å². The highest BCUT2D eigenvalue weighted by Crippen LogP contribution is 2.38. The molecule has 0 heterocycles. The van der Waals surface area contributed by atoms with Gasteiger partial charge in [-0.3, -0.25) is 0 Å². The van der Waals surface area contributed by atoms with Crippen molar-refractivity contribution in [2.75, 3.05) is 13.2 Å². The second kappa shape index (κ2) is 10.9. The summed E-state index contributed by atoms with van der Waals surface area (Å²) in [4.78, 5) is 0.